The van der Waals surface area contributed by atoms with Gasteiger partial charge in [-0.3, -0.25) is 9.59 Å². The fraction of sp³-hybridized carbons (Fsp3) is 0.333. The van der Waals surface area contributed by atoms with Gasteiger partial charge in [-0.05, 0) is 18.6 Å². The van der Waals surface area contributed by atoms with Crippen LogP contribution in [0, 0.1) is 0 Å². The van der Waals surface area contributed by atoms with E-state index in [9.17, 15) is 9.59 Å². The Bertz CT molecular complexity index is 634. The second kappa shape index (κ2) is 4.68. The molecule has 0 aromatic carbocycles. The summed E-state index contributed by atoms with van der Waals surface area (Å²) in [5, 5.41) is 3.79. The Labute approximate surface area is 108 Å². The lowest BCUT2D eigenvalue weighted by Gasteiger charge is -2.15. The summed E-state index contributed by atoms with van der Waals surface area (Å²) in [6.45, 7) is 1.10. The van der Waals surface area contributed by atoms with Crippen molar-refractivity contribution in [2.24, 2.45) is 0 Å². The second-order valence-electron chi connectivity index (χ2n) is 4.44. The lowest BCUT2D eigenvalue weighted by molar-refractivity contribution is 0.0788. The van der Waals surface area contributed by atoms with Crippen molar-refractivity contribution >= 4 is 5.91 Å². The zero-order valence-electron chi connectivity index (χ0n) is 10.1. The van der Waals surface area contributed by atoms with Gasteiger partial charge in [0.15, 0.2) is 5.82 Å². The number of likely N-dealkylation sites (tertiary alicyclic amines) is 1. The highest BCUT2D eigenvalue weighted by molar-refractivity contribution is 5.94. The molecule has 7 heteroatoms. The first-order valence-electron chi connectivity index (χ1n) is 5.99. The summed E-state index contributed by atoms with van der Waals surface area (Å²) >= 11 is 0. The van der Waals surface area contributed by atoms with Gasteiger partial charge in [0.05, 0.1) is 0 Å². The van der Waals surface area contributed by atoms with Crippen molar-refractivity contribution in [2.45, 2.75) is 12.3 Å². The zero-order valence-corrected chi connectivity index (χ0v) is 10.1. The summed E-state index contributed by atoms with van der Waals surface area (Å²) in [6, 6.07) is 3.17. The van der Waals surface area contributed by atoms with Crippen LogP contribution >= 0.6 is 0 Å². The van der Waals surface area contributed by atoms with Crippen LogP contribution in [0.3, 0.4) is 0 Å². The second-order valence-corrected chi connectivity index (χ2v) is 4.44. The topological polar surface area (TPSA) is 92.1 Å². The van der Waals surface area contributed by atoms with Gasteiger partial charge in [-0.1, -0.05) is 5.16 Å². The number of amides is 1. The first kappa shape index (κ1) is 11.6. The minimum absolute atomic E-state index is 0.0745. The standard InChI is InChI=1S/C12H12N4O3/c17-11-9(2-1-4-13-11)12(18)16-5-3-8(6-16)10-14-7-19-15-10/h1-2,4,7-8H,3,5-6H2,(H,13,17)/t8-/m0/s1. The van der Waals surface area contributed by atoms with Gasteiger partial charge in [-0.15, -0.1) is 0 Å². The van der Waals surface area contributed by atoms with Crippen molar-refractivity contribution in [2.75, 3.05) is 13.1 Å². The number of carbonyl (C=O) groups excluding carboxylic acids is 1. The summed E-state index contributed by atoms with van der Waals surface area (Å²) in [7, 11) is 0. The molecule has 1 fully saturated rings. The van der Waals surface area contributed by atoms with E-state index in [1.807, 2.05) is 0 Å². The molecule has 2 aromatic heterocycles. The van der Waals surface area contributed by atoms with Crippen LogP contribution in [0.15, 0.2) is 34.0 Å². The minimum atomic E-state index is -0.365. The number of carbonyl (C=O) groups is 1. The van der Waals surface area contributed by atoms with Crippen molar-refractivity contribution in [3.8, 4) is 0 Å². The molecule has 1 amide bonds. The van der Waals surface area contributed by atoms with Gasteiger partial charge in [0.25, 0.3) is 11.5 Å². The van der Waals surface area contributed by atoms with Crippen LogP contribution in [-0.4, -0.2) is 39.0 Å². The number of hydrogen-bond acceptors (Lipinski definition) is 5. The highest BCUT2D eigenvalue weighted by atomic mass is 16.5. The van der Waals surface area contributed by atoms with Gasteiger partial charge in [0, 0.05) is 25.2 Å². The number of pyridine rings is 1. The van der Waals surface area contributed by atoms with Crippen LogP contribution in [0.5, 0.6) is 0 Å². The van der Waals surface area contributed by atoms with Crippen LogP contribution in [-0.2, 0) is 0 Å². The van der Waals surface area contributed by atoms with E-state index in [1.165, 1.54) is 18.7 Å². The van der Waals surface area contributed by atoms with Crippen molar-refractivity contribution in [1.82, 2.24) is 20.0 Å². The fourth-order valence-electron chi connectivity index (χ4n) is 2.27. The highest BCUT2D eigenvalue weighted by Gasteiger charge is 2.31. The molecule has 0 aliphatic carbocycles. The third-order valence-corrected chi connectivity index (χ3v) is 3.27. The average molecular weight is 260 g/mol. The molecular weight excluding hydrogens is 248 g/mol. The molecule has 0 bridgehead atoms. The highest BCUT2D eigenvalue weighted by Crippen LogP contribution is 2.25. The average Bonchev–Trinajstić information content (AvgIpc) is 3.09. The van der Waals surface area contributed by atoms with E-state index in [-0.39, 0.29) is 22.9 Å². The molecule has 2 aromatic rings. The van der Waals surface area contributed by atoms with Crippen molar-refractivity contribution in [3.63, 3.8) is 0 Å². The van der Waals surface area contributed by atoms with Crippen LogP contribution in [0.25, 0.3) is 0 Å². The maximum atomic E-state index is 12.2. The van der Waals surface area contributed by atoms with E-state index >= 15 is 0 Å². The monoisotopic (exact) mass is 260 g/mol. The largest absolute Gasteiger partial charge is 0.343 e. The molecule has 7 nitrogen and oxygen atoms in total. The van der Waals surface area contributed by atoms with Crippen LogP contribution < -0.4 is 5.56 Å². The van der Waals surface area contributed by atoms with Crippen LogP contribution in [0.1, 0.15) is 28.5 Å². The molecule has 0 radical (unpaired) electrons. The Kier molecular flexibility index (Phi) is 2.86. The molecule has 3 heterocycles. The van der Waals surface area contributed by atoms with E-state index in [4.69, 9.17) is 4.52 Å². The molecule has 98 valence electrons. The number of nitrogens with one attached hydrogen (secondary N) is 1. The first-order chi connectivity index (χ1) is 9.25. The summed E-state index contributed by atoms with van der Waals surface area (Å²) in [5.41, 5.74) is -0.202. The van der Waals surface area contributed by atoms with Gasteiger partial charge < -0.3 is 14.4 Å². The Morgan fingerprint density at radius 3 is 3.16 bits per heavy atom. The predicted octanol–water partition coefficient (Wildman–Crippen LogP) is 0.388. The molecule has 1 atom stereocenters. The molecule has 1 aliphatic rings. The van der Waals surface area contributed by atoms with E-state index in [0.717, 1.165) is 6.42 Å². The first-order valence-corrected chi connectivity index (χ1v) is 5.99. The zero-order chi connectivity index (χ0) is 13.2. The maximum Gasteiger partial charge on any atom is 0.260 e. The van der Waals surface area contributed by atoms with Gasteiger partial charge >= 0.3 is 0 Å². The molecule has 0 saturated carbocycles. The van der Waals surface area contributed by atoms with Crippen LogP contribution in [0.4, 0.5) is 0 Å². The fourth-order valence-corrected chi connectivity index (χ4v) is 2.27. The lowest BCUT2D eigenvalue weighted by atomic mass is 10.1. The predicted molar refractivity (Wildman–Crippen MR) is 64.6 cm³/mol. The SMILES string of the molecule is O=C(c1ccc[nH]c1=O)N1CC[C@H](c2ncon2)C1. The molecule has 1 aliphatic heterocycles. The number of nitrogens with zero attached hydrogens (tertiary/aromatic N) is 3. The van der Waals surface area contributed by atoms with E-state index in [0.29, 0.717) is 18.9 Å². The Morgan fingerprint density at radius 1 is 1.53 bits per heavy atom. The number of hydrogen-bond donors (Lipinski definition) is 1. The third-order valence-electron chi connectivity index (χ3n) is 3.27. The molecular formula is C12H12N4O3. The smallest absolute Gasteiger partial charge is 0.260 e. The Morgan fingerprint density at radius 2 is 2.42 bits per heavy atom. The van der Waals surface area contributed by atoms with Gasteiger partial charge in [-0.2, -0.15) is 4.98 Å². The Hall–Kier alpha value is -2.44. The van der Waals surface area contributed by atoms with E-state index in [1.54, 1.807) is 11.0 Å². The molecule has 1 N–H and O–H groups in total. The van der Waals surface area contributed by atoms with Gasteiger partial charge in [-0.25, -0.2) is 0 Å². The normalized spacial score (nSPS) is 18.7. The molecule has 1 saturated heterocycles. The number of aromatic nitrogens is 3. The molecule has 0 unspecified atom stereocenters. The quantitative estimate of drug-likeness (QED) is 0.843. The van der Waals surface area contributed by atoms with E-state index < -0.39 is 0 Å². The molecule has 3 rings (SSSR count). The van der Waals surface area contributed by atoms with E-state index in [2.05, 4.69) is 15.1 Å². The summed E-state index contributed by atoms with van der Waals surface area (Å²) < 4.78 is 4.71. The number of rotatable bonds is 2. The molecule has 0 spiro atoms. The van der Waals surface area contributed by atoms with Crippen molar-refractivity contribution < 1.29 is 9.32 Å². The lowest BCUT2D eigenvalue weighted by Crippen LogP contribution is -2.32. The molecule has 19 heavy (non-hydrogen) atoms. The number of aromatic amines is 1. The van der Waals surface area contributed by atoms with Gasteiger partial charge in [0.1, 0.15) is 5.56 Å². The summed E-state index contributed by atoms with van der Waals surface area (Å²) in [6.07, 6.45) is 3.56. The Balaban J connectivity index is 1.77. The minimum Gasteiger partial charge on any atom is -0.343 e. The maximum absolute atomic E-state index is 12.2. The third kappa shape index (κ3) is 2.14. The summed E-state index contributed by atoms with van der Waals surface area (Å²) in [4.78, 5) is 32.0. The number of H-pyrrole nitrogens is 1. The van der Waals surface area contributed by atoms with Gasteiger partial charge in [0.2, 0.25) is 6.39 Å². The van der Waals surface area contributed by atoms with Crippen molar-refractivity contribution in [3.05, 3.63) is 46.5 Å². The van der Waals surface area contributed by atoms with Crippen LogP contribution in [0.2, 0.25) is 0 Å². The van der Waals surface area contributed by atoms with Crippen molar-refractivity contribution in [1.29, 1.82) is 0 Å². The summed E-state index contributed by atoms with van der Waals surface area (Å²) in [5.74, 6) is 0.426.